The molecule has 0 fully saturated rings. The molecule has 0 spiro atoms. The third kappa shape index (κ3) is 3.37. The number of carbonyl (C=O) groups excluding carboxylic acids is 1. The van der Waals surface area contributed by atoms with E-state index in [1.807, 2.05) is 19.1 Å². The smallest absolute Gasteiger partial charge is 0.331 e. The van der Waals surface area contributed by atoms with E-state index in [4.69, 9.17) is 4.74 Å². The van der Waals surface area contributed by atoms with Gasteiger partial charge in [0.25, 0.3) is 5.56 Å². The summed E-state index contributed by atoms with van der Waals surface area (Å²) in [6.07, 6.45) is 2.78. The molecule has 0 saturated heterocycles. The number of hydrogen-bond donors (Lipinski definition) is 0. The van der Waals surface area contributed by atoms with Gasteiger partial charge in [-0.2, -0.15) is 5.10 Å². The highest BCUT2D eigenvalue weighted by Crippen LogP contribution is 2.27. The molecule has 0 atom stereocenters. The Morgan fingerprint density at radius 1 is 1.27 bits per heavy atom. The van der Waals surface area contributed by atoms with Crippen molar-refractivity contribution in [2.24, 2.45) is 7.05 Å². The first-order chi connectivity index (χ1) is 12.2. The average Bonchev–Trinajstić information content (AvgIpc) is 2.93. The molecule has 0 amide bonds. The van der Waals surface area contributed by atoms with Gasteiger partial charge in [0.1, 0.15) is 24.0 Å². The van der Waals surface area contributed by atoms with Crippen LogP contribution in [0.5, 0.6) is 5.75 Å². The van der Waals surface area contributed by atoms with E-state index in [-0.39, 0.29) is 17.5 Å². The highest BCUT2D eigenvalue weighted by atomic mass is 16.5. The molecule has 0 N–H and O–H groups in total. The van der Waals surface area contributed by atoms with Crippen molar-refractivity contribution in [3.05, 3.63) is 52.2 Å². The molecule has 3 aromatic rings. The Bertz CT molecular complexity index is 1040. The van der Waals surface area contributed by atoms with Crippen molar-refractivity contribution in [2.45, 2.75) is 39.7 Å². The summed E-state index contributed by atoms with van der Waals surface area (Å²) >= 11 is 0. The summed E-state index contributed by atoms with van der Waals surface area (Å²) in [7, 11) is 1.71. The second-order valence-corrected chi connectivity index (χ2v) is 7.39. The van der Waals surface area contributed by atoms with E-state index < -0.39 is 5.97 Å². The molecule has 3 rings (SSSR count). The molecule has 136 valence electrons. The van der Waals surface area contributed by atoms with Crippen LogP contribution in [0, 0.1) is 6.92 Å². The molecule has 7 heteroatoms. The lowest BCUT2D eigenvalue weighted by Gasteiger charge is -2.20. The summed E-state index contributed by atoms with van der Waals surface area (Å²) in [6.45, 7) is 8.06. The zero-order chi connectivity index (χ0) is 19.1. The molecule has 2 aromatic heterocycles. The van der Waals surface area contributed by atoms with Gasteiger partial charge in [-0.3, -0.25) is 14.0 Å². The van der Waals surface area contributed by atoms with Gasteiger partial charge in [0.15, 0.2) is 5.65 Å². The second kappa shape index (κ2) is 6.40. The van der Waals surface area contributed by atoms with Crippen molar-refractivity contribution in [1.29, 1.82) is 0 Å². The Kier molecular flexibility index (Phi) is 4.39. The van der Waals surface area contributed by atoms with Gasteiger partial charge >= 0.3 is 5.97 Å². The van der Waals surface area contributed by atoms with Crippen LogP contribution in [0.2, 0.25) is 0 Å². The van der Waals surface area contributed by atoms with Gasteiger partial charge in [-0.1, -0.05) is 32.9 Å². The molecule has 26 heavy (non-hydrogen) atoms. The van der Waals surface area contributed by atoms with Gasteiger partial charge in [-0.05, 0) is 29.5 Å². The number of hydrogen-bond acceptors (Lipinski definition) is 5. The summed E-state index contributed by atoms with van der Waals surface area (Å²) < 4.78 is 8.18. The first-order valence-corrected chi connectivity index (χ1v) is 8.36. The number of nitrogens with zero attached hydrogens (tertiary/aromatic N) is 4. The van der Waals surface area contributed by atoms with Crippen LogP contribution >= 0.6 is 0 Å². The number of aromatic nitrogens is 4. The maximum atomic E-state index is 12.4. The Labute approximate surface area is 151 Å². The number of carbonyl (C=O) groups is 1. The normalized spacial score (nSPS) is 11.7. The van der Waals surface area contributed by atoms with Crippen molar-refractivity contribution in [3.8, 4) is 5.75 Å². The molecular weight excluding hydrogens is 332 g/mol. The maximum absolute atomic E-state index is 12.4. The highest BCUT2D eigenvalue weighted by molar-refractivity contribution is 5.75. The van der Waals surface area contributed by atoms with Crippen molar-refractivity contribution >= 4 is 17.0 Å². The van der Waals surface area contributed by atoms with Crippen LogP contribution in [0.3, 0.4) is 0 Å². The van der Waals surface area contributed by atoms with Crippen LogP contribution in [0.4, 0.5) is 0 Å². The van der Waals surface area contributed by atoms with Gasteiger partial charge in [-0.25, -0.2) is 9.78 Å². The van der Waals surface area contributed by atoms with Crippen LogP contribution in [-0.4, -0.2) is 25.3 Å². The van der Waals surface area contributed by atoms with Crippen LogP contribution in [0.15, 0.2) is 35.5 Å². The minimum atomic E-state index is -0.524. The third-order valence-electron chi connectivity index (χ3n) is 4.28. The second-order valence-electron chi connectivity index (χ2n) is 7.39. The van der Waals surface area contributed by atoms with Gasteiger partial charge in [-0.15, -0.1) is 0 Å². The fourth-order valence-electron chi connectivity index (χ4n) is 2.70. The first kappa shape index (κ1) is 17.8. The van der Waals surface area contributed by atoms with Gasteiger partial charge in [0, 0.05) is 7.05 Å². The summed E-state index contributed by atoms with van der Waals surface area (Å²) in [6, 6.07) is 5.75. The number of ether oxygens (including phenoxy) is 1. The third-order valence-corrected chi connectivity index (χ3v) is 4.28. The lowest BCUT2D eigenvalue weighted by molar-refractivity contribution is -0.135. The summed E-state index contributed by atoms with van der Waals surface area (Å²) in [5, 5.41) is 4.38. The molecule has 2 heterocycles. The topological polar surface area (TPSA) is 79.0 Å². The van der Waals surface area contributed by atoms with E-state index in [1.165, 1.54) is 21.8 Å². The quantitative estimate of drug-likeness (QED) is 0.533. The van der Waals surface area contributed by atoms with Crippen LogP contribution in [0.25, 0.3) is 11.0 Å². The maximum Gasteiger partial charge on any atom is 0.331 e. The van der Waals surface area contributed by atoms with Gasteiger partial charge in [0.2, 0.25) is 0 Å². The van der Waals surface area contributed by atoms with Crippen molar-refractivity contribution in [3.63, 3.8) is 0 Å². The lowest BCUT2D eigenvalue weighted by Crippen LogP contribution is -2.27. The van der Waals surface area contributed by atoms with E-state index in [2.05, 4.69) is 30.9 Å². The van der Waals surface area contributed by atoms with E-state index in [1.54, 1.807) is 13.1 Å². The molecule has 0 aliphatic heterocycles. The van der Waals surface area contributed by atoms with Crippen LogP contribution in [0.1, 0.15) is 31.9 Å². The van der Waals surface area contributed by atoms with E-state index in [0.717, 1.165) is 11.1 Å². The van der Waals surface area contributed by atoms with E-state index in [0.29, 0.717) is 16.8 Å². The molecule has 0 saturated carbocycles. The number of rotatable bonds is 3. The zero-order valence-corrected chi connectivity index (χ0v) is 15.6. The lowest BCUT2D eigenvalue weighted by atomic mass is 9.86. The van der Waals surface area contributed by atoms with Crippen LogP contribution < -0.4 is 10.3 Å². The van der Waals surface area contributed by atoms with E-state index >= 15 is 0 Å². The number of fused-ring (bicyclic) bond motifs is 1. The SMILES string of the molecule is Cc1cc(C(C)(C)C)ccc1OC(=O)Cn1cnc2c(cnn2C)c1=O. The zero-order valence-electron chi connectivity index (χ0n) is 15.6. The predicted molar refractivity (Wildman–Crippen MR) is 98.3 cm³/mol. The number of aryl methyl sites for hydroxylation is 2. The minimum absolute atomic E-state index is 0.0193. The standard InChI is InChI=1S/C19H22N4O3/c1-12-8-13(19(2,3)4)6-7-15(12)26-16(24)10-23-11-20-17-14(18(23)25)9-21-22(17)5/h6-9,11H,10H2,1-5H3. The average molecular weight is 354 g/mol. The molecule has 0 unspecified atom stereocenters. The summed E-state index contributed by atoms with van der Waals surface area (Å²) in [5.74, 6) is -0.0322. The molecule has 1 aromatic carbocycles. The van der Waals surface area contributed by atoms with Crippen LogP contribution in [-0.2, 0) is 23.8 Å². The number of esters is 1. The monoisotopic (exact) mass is 354 g/mol. The van der Waals surface area contributed by atoms with Crippen molar-refractivity contribution < 1.29 is 9.53 Å². The fraction of sp³-hybridized carbons (Fsp3) is 0.368. The highest BCUT2D eigenvalue weighted by Gasteiger charge is 2.17. The van der Waals surface area contributed by atoms with Gasteiger partial charge < -0.3 is 4.74 Å². The van der Waals surface area contributed by atoms with Gasteiger partial charge in [0.05, 0.1) is 6.20 Å². The molecule has 0 bridgehead atoms. The minimum Gasteiger partial charge on any atom is -0.425 e. The molecular formula is C19H22N4O3. The van der Waals surface area contributed by atoms with Crippen molar-refractivity contribution in [2.75, 3.05) is 0 Å². The fourth-order valence-corrected chi connectivity index (χ4v) is 2.70. The predicted octanol–water partition coefficient (Wildman–Crippen LogP) is 2.34. The Morgan fingerprint density at radius 2 is 2.00 bits per heavy atom. The Morgan fingerprint density at radius 3 is 2.65 bits per heavy atom. The molecule has 0 aliphatic carbocycles. The van der Waals surface area contributed by atoms with Crippen molar-refractivity contribution in [1.82, 2.24) is 19.3 Å². The largest absolute Gasteiger partial charge is 0.425 e. The Hall–Kier alpha value is -2.96. The summed E-state index contributed by atoms with van der Waals surface area (Å²) in [5.41, 5.74) is 2.22. The number of benzene rings is 1. The van der Waals surface area contributed by atoms with E-state index in [9.17, 15) is 9.59 Å². The summed E-state index contributed by atoms with van der Waals surface area (Å²) in [4.78, 5) is 28.9. The molecule has 7 nitrogen and oxygen atoms in total. The first-order valence-electron chi connectivity index (χ1n) is 8.36. The molecule has 0 aliphatic rings. The Balaban J connectivity index is 1.79. The molecule has 0 radical (unpaired) electrons.